The molecule has 1 N–H and O–H groups in total. The van der Waals surface area contributed by atoms with E-state index in [1.807, 2.05) is 0 Å². The summed E-state index contributed by atoms with van der Waals surface area (Å²) >= 11 is 0. The van der Waals surface area contributed by atoms with E-state index in [9.17, 15) is 4.79 Å². The number of amides is 1. The van der Waals surface area contributed by atoms with Gasteiger partial charge in [0.25, 0.3) is 0 Å². The highest BCUT2D eigenvalue weighted by atomic mass is 16.6. The maximum absolute atomic E-state index is 11.3. The van der Waals surface area contributed by atoms with Crippen molar-refractivity contribution in [2.24, 2.45) is 5.92 Å². The Bertz CT molecular complexity index is 583. The number of nitrogens with one attached hydrogen (secondary N) is 1. The van der Waals surface area contributed by atoms with E-state index in [2.05, 4.69) is 30.4 Å². The number of benzene rings is 1. The van der Waals surface area contributed by atoms with E-state index in [0.29, 0.717) is 12.5 Å². The van der Waals surface area contributed by atoms with Gasteiger partial charge in [-0.2, -0.15) is 0 Å². The van der Waals surface area contributed by atoms with Crippen molar-refractivity contribution in [2.75, 3.05) is 6.61 Å². The predicted octanol–water partition coefficient (Wildman–Crippen LogP) is 3.56. The van der Waals surface area contributed by atoms with Crippen LogP contribution in [0.5, 0.6) is 0 Å². The van der Waals surface area contributed by atoms with Gasteiger partial charge < -0.3 is 10.1 Å². The van der Waals surface area contributed by atoms with Crippen LogP contribution in [0.3, 0.4) is 0 Å². The van der Waals surface area contributed by atoms with E-state index in [1.165, 1.54) is 24.8 Å². The third kappa shape index (κ3) is 2.33. The van der Waals surface area contributed by atoms with Crippen LogP contribution >= 0.6 is 0 Å². The predicted molar refractivity (Wildman–Crippen MR) is 81.4 cm³/mol. The number of hydrogen-bond donors (Lipinski definition) is 1. The fraction of sp³-hybridized carbons (Fsp3) is 0.611. The molecule has 1 saturated heterocycles. The molecular weight excluding hydrogens is 262 g/mol. The normalized spacial score (nSPS) is 34.6. The first-order valence-corrected chi connectivity index (χ1v) is 8.20. The fourth-order valence-corrected chi connectivity index (χ4v) is 4.36. The molecule has 1 heterocycles. The number of carbonyl (C=O) groups excluding carboxylic acids is 1. The highest BCUT2D eigenvalue weighted by Gasteiger charge is 2.45. The molecule has 1 saturated carbocycles. The number of rotatable bonds is 1. The zero-order chi connectivity index (χ0) is 14.4. The monoisotopic (exact) mass is 285 g/mol. The average molecular weight is 285 g/mol. The van der Waals surface area contributed by atoms with Crippen molar-refractivity contribution < 1.29 is 9.53 Å². The van der Waals surface area contributed by atoms with Crippen LogP contribution < -0.4 is 5.32 Å². The van der Waals surface area contributed by atoms with E-state index in [-0.39, 0.29) is 11.6 Å². The van der Waals surface area contributed by atoms with Crippen LogP contribution in [0.1, 0.15) is 55.2 Å². The highest BCUT2D eigenvalue weighted by Crippen LogP contribution is 2.43. The van der Waals surface area contributed by atoms with Crippen molar-refractivity contribution in [3.63, 3.8) is 0 Å². The Balaban J connectivity index is 1.54. The molecule has 3 aliphatic rings. The quantitative estimate of drug-likeness (QED) is 0.857. The van der Waals surface area contributed by atoms with Gasteiger partial charge in [-0.15, -0.1) is 0 Å². The Kier molecular flexibility index (Phi) is 2.98. The van der Waals surface area contributed by atoms with E-state index >= 15 is 0 Å². The first-order chi connectivity index (χ1) is 10.1. The number of carbonyl (C=O) groups is 1. The van der Waals surface area contributed by atoms with Gasteiger partial charge in [-0.05, 0) is 67.1 Å². The number of alkyl carbamates (subject to hydrolysis) is 1. The van der Waals surface area contributed by atoms with Crippen molar-refractivity contribution >= 4 is 6.09 Å². The van der Waals surface area contributed by atoms with Gasteiger partial charge in [-0.1, -0.05) is 25.1 Å². The van der Waals surface area contributed by atoms with Gasteiger partial charge in [0, 0.05) is 0 Å². The Morgan fingerprint density at radius 2 is 2.19 bits per heavy atom. The van der Waals surface area contributed by atoms with Crippen LogP contribution in [0.15, 0.2) is 18.2 Å². The van der Waals surface area contributed by atoms with Crippen LogP contribution in [-0.2, 0) is 17.6 Å². The summed E-state index contributed by atoms with van der Waals surface area (Å²) in [7, 11) is 0. The van der Waals surface area contributed by atoms with Crippen LogP contribution in [0.2, 0.25) is 0 Å². The Labute approximate surface area is 126 Å². The summed E-state index contributed by atoms with van der Waals surface area (Å²) in [4.78, 5) is 11.3. The summed E-state index contributed by atoms with van der Waals surface area (Å²) in [5.74, 6) is 1.39. The number of aryl methyl sites for hydroxylation is 1. The Morgan fingerprint density at radius 3 is 3.00 bits per heavy atom. The van der Waals surface area contributed by atoms with Gasteiger partial charge in [0.2, 0.25) is 0 Å². The molecule has 2 aliphatic carbocycles. The number of hydrogen-bond acceptors (Lipinski definition) is 2. The first-order valence-electron chi connectivity index (χ1n) is 8.20. The molecular formula is C18H23NO2. The summed E-state index contributed by atoms with van der Waals surface area (Å²) in [5, 5.41) is 3.04. The lowest BCUT2D eigenvalue weighted by Crippen LogP contribution is -2.40. The Morgan fingerprint density at radius 1 is 1.29 bits per heavy atom. The molecule has 112 valence electrons. The Hall–Kier alpha value is -1.51. The summed E-state index contributed by atoms with van der Waals surface area (Å²) in [6.07, 6.45) is 6.74. The lowest BCUT2D eigenvalue weighted by molar-refractivity contribution is 0.172. The van der Waals surface area contributed by atoms with Gasteiger partial charge in [-0.3, -0.25) is 0 Å². The van der Waals surface area contributed by atoms with Gasteiger partial charge in [-0.25, -0.2) is 4.79 Å². The largest absolute Gasteiger partial charge is 0.447 e. The maximum Gasteiger partial charge on any atom is 0.407 e. The summed E-state index contributed by atoms with van der Waals surface area (Å²) in [6, 6.07) is 7.09. The first kappa shape index (κ1) is 13.2. The molecule has 3 heteroatoms. The minimum Gasteiger partial charge on any atom is -0.447 e. The van der Waals surface area contributed by atoms with Crippen LogP contribution in [-0.4, -0.2) is 18.2 Å². The molecule has 1 aromatic rings. The molecule has 4 rings (SSSR count). The molecule has 1 aromatic carbocycles. The van der Waals surface area contributed by atoms with Crippen molar-refractivity contribution in [1.82, 2.24) is 5.32 Å². The second-order valence-electron chi connectivity index (χ2n) is 7.30. The molecule has 3 atom stereocenters. The topological polar surface area (TPSA) is 38.3 Å². The van der Waals surface area contributed by atoms with Gasteiger partial charge in [0.15, 0.2) is 0 Å². The molecule has 1 amide bonds. The van der Waals surface area contributed by atoms with E-state index in [0.717, 1.165) is 25.2 Å². The molecule has 0 unspecified atom stereocenters. The van der Waals surface area contributed by atoms with E-state index in [4.69, 9.17) is 4.74 Å². The summed E-state index contributed by atoms with van der Waals surface area (Å²) < 4.78 is 5.13. The van der Waals surface area contributed by atoms with Crippen molar-refractivity contribution in [3.8, 4) is 0 Å². The van der Waals surface area contributed by atoms with Crippen molar-refractivity contribution in [3.05, 3.63) is 34.9 Å². The minimum atomic E-state index is -0.241. The highest BCUT2D eigenvalue weighted by molar-refractivity contribution is 5.70. The SMILES string of the molecule is C[C@@H]1CCc2cc([C@H]3CC[C@]4(COC(=O)N4)C3)ccc2C1. The molecule has 3 nitrogen and oxygen atoms in total. The second-order valence-corrected chi connectivity index (χ2v) is 7.30. The maximum atomic E-state index is 11.3. The van der Waals surface area contributed by atoms with Crippen molar-refractivity contribution in [2.45, 2.75) is 56.9 Å². The molecule has 0 radical (unpaired) electrons. The van der Waals surface area contributed by atoms with Crippen LogP contribution in [0.25, 0.3) is 0 Å². The standard InChI is InChI=1S/C18H23NO2/c1-12-2-3-14-9-15(5-4-13(14)8-12)16-6-7-18(10-16)11-21-17(20)19-18/h4-5,9,12,16H,2-3,6-8,10-11H2,1H3,(H,19,20)/t12-,16+,18-/m1/s1. The van der Waals surface area contributed by atoms with Crippen LogP contribution in [0.4, 0.5) is 4.79 Å². The van der Waals surface area contributed by atoms with Gasteiger partial charge >= 0.3 is 6.09 Å². The van der Waals surface area contributed by atoms with Gasteiger partial charge in [0.1, 0.15) is 6.61 Å². The zero-order valence-corrected chi connectivity index (χ0v) is 12.7. The lowest BCUT2D eigenvalue weighted by atomic mass is 9.82. The van der Waals surface area contributed by atoms with E-state index < -0.39 is 0 Å². The second kappa shape index (κ2) is 4.75. The van der Waals surface area contributed by atoms with Crippen LogP contribution in [0, 0.1) is 5.92 Å². The molecule has 0 bridgehead atoms. The smallest absolute Gasteiger partial charge is 0.407 e. The fourth-order valence-electron chi connectivity index (χ4n) is 4.36. The molecule has 2 fully saturated rings. The number of fused-ring (bicyclic) bond motifs is 1. The van der Waals surface area contributed by atoms with Gasteiger partial charge in [0.05, 0.1) is 5.54 Å². The number of ether oxygens (including phenoxy) is 1. The number of cyclic esters (lactones) is 1. The molecule has 1 spiro atoms. The zero-order valence-electron chi connectivity index (χ0n) is 12.7. The third-order valence-corrected chi connectivity index (χ3v) is 5.63. The third-order valence-electron chi connectivity index (χ3n) is 5.63. The average Bonchev–Trinajstić information content (AvgIpc) is 3.05. The summed E-state index contributed by atoms with van der Waals surface area (Å²) in [6.45, 7) is 2.89. The van der Waals surface area contributed by atoms with E-state index in [1.54, 1.807) is 11.1 Å². The molecule has 21 heavy (non-hydrogen) atoms. The lowest BCUT2D eigenvalue weighted by Gasteiger charge is -2.24. The van der Waals surface area contributed by atoms with Crippen molar-refractivity contribution in [1.29, 1.82) is 0 Å². The minimum absolute atomic E-state index is 0.0911. The molecule has 1 aliphatic heterocycles. The summed E-state index contributed by atoms with van der Waals surface area (Å²) in [5.41, 5.74) is 4.47. The molecule has 0 aromatic heterocycles.